The van der Waals surface area contributed by atoms with Crippen LogP contribution in [0.4, 0.5) is 0 Å². The maximum atomic E-state index is 3.93. The molecule has 4 aromatic rings. The monoisotopic (exact) mass is 306 g/mol. The summed E-state index contributed by atoms with van der Waals surface area (Å²) in [5.41, 5.74) is 1.21. The van der Waals surface area contributed by atoms with Crippen LogP contribution >= 0.6 is 23.1 Å². The molecule has 0 aliphatic carbocycles. The number of thiophene rings is 1. The lowest BCUT2D eigenvalue weighted by Gasteiger charge is -2.08. The Hall–Kier alpha value is -1.77. The Kier molecular flexibility index (Phi) is 3.02. The number of benzene rings is 3. The second-order valence-electron chi connectivity index (χ2n) is 5.16. The first kappa shape index (κ1) is 12.9. The molecule has 0 aliphatic rings. The molecule has 0 fully saturated rings. The van der Waals surface area contributed by atoms with E-state index in [0.717, 1.165) is 0 Å². The highest BCUT2D eigenvalue weighted by Gasteiger charge is 2.05. The van der Waals surface area contributed by atoms with Crippen LogP contribution in [0.2, 0.25) is 0 Å². The molecule has 0 N–H and O–H groups in total. The molecule has 0 nitrogen and oxygen atoms in total. The summed E-state index contributed by atoms with van der Waals surface area (Å²) in [4.78, 5) is 1.29. The first-order valence-corrected chi connectivity index (χ1v) is 8.94. The molecule has 0 spiro atoms. The van der Waals surface area contributed by atoms with Crippen LogP contribution in [-0.2, 0) is 0 Å². The largest absolute Gasteiger partial charge is 0.144 e. The molecule has 0 bridgehead atoms. The van der Waals surface area contributed by atoms with Gasteiger partial charge in [-0.3, -0.25) is 0 Å². The predicted molar refractivity (Wildman–Crippen MR) is 98.7 cm³/mol. The van der Waals surface area contributed by atoms with Gasteiger partial charge in [-0.15, -0.1) is 23.1 Å². The SMILES string of the molecule is C=Cc1cc2cc3cc4ccsc4cc3cc2cc1SC. The zero-order valence-electron chi connectivity index (χ0n) is 11.7. The van der Waals surface area contributed by atoms with Crippen LogP contribution in [-0.4, -0.2) is 6.26 Å². The fourth-order valence-electron chi connectivity index (χ4n) is 2.84. The van der Waals surface area contributed by atoms with Crippen LogP contribution < -0.4 is 0 Å². The van der Waals surface area contributed by atoms with E-state index >= 15 is 0 Å². The van der Waals surface area contributed by atoms with Crippen molar-refractivity contribution < 1.29 is 0 Å². The highest BCUT2D eigenvalue weighted by molar-refractivity contribution is 7.98. The van der Waals surface area contributed by atoms with Gasteiger partial charge < -0.3 is 0 Å². The molecule has 21 heavy (non-hydrogen) atoms. The summed E-state index contributed by atoms with van der Waals surface area (Å²) >= 11 is 3.58. The molecule has 1 heterocycles. The maximum Gasteiger partial charge on any atom is 0.0349 e. The van der Waals surface area contributed by atoms with E-state index in [-0.39, 0.29) is 0 Å². The number of fused-ring (bicyclic) bond motifs is 3. The van der Waals surface area contributed by atoms with Gasteiger partial charge in [0, 0.05) is 9.60 Å². The Balaban J connectivity index is 2.10. The van der Waals surface area contributed by atoms with Gasteiger partial charge in [0.25, 0.3) is 0 Å². The average Bonchev–Trinajstić information content (AvgIpc) is 2.96. The topological polar surface area (TPSA) is 0 Å². The second kappa shape index (κ2) is 4.90. The van der Waals surface area contributed by atoms with Crippen LogP contribution in [0.25, 0.3) is 37.7 Å². The van der Waals surface area contributed by atoms with Crippen molar-refractivity contribution in [1.29, 1.82) is 0 Å². The highest BCUT2D eigenvalue weighted by atomic mass is 32.2. The molecule has 0 saturated heterocycles. The van der Waals surface area contributed by atoms with Gasteiger partial charge in [0.1, 0.15) is 0 Å². The van der Waals surface area contributed by atoms with Gasteiger partial charge in [-0.1, -0.05) is 12.7 Å². The average molecular weight is 306 g/mol. The predicted octanol–water partition coefficient (Wildman–Crippen LogP) is 6.57. The quantitative estimate of drug-likeness (QED) is 0.298. The maximum absolute atomic E-state index is 3.93. The lowest BCUT2D eigenvalue weighted by molar-refractivity contribution is 1.47. The Morgan fingerprint density at radius 1 is 0.905 bits per heavy atom. The van der Waals surface area contributed by atoms with E-state index in [4.69, 9.17) is 0 Å². The van der Waals surface area contributed by atoms with E-state index in [1.54, 1.807) is 23.1 Å². The zero-order valence-corrected chi connectivity index (χ0v) is 13.4. The van der Waals surface area contributed by atoms with Crippen molar-refractivity contribution in [1.82, 2.24) is 0 Å². The number of hydrogen-bond donors (Lipinski definition) is 0. The third kappa shape index (κ3) is 2.06. The molecule has 3 aromatic carbocycles. The molecule has 2 heteroatoms. The number of rotatable bonds is 2. The van der Waals surface area contributed by atoms with Gasteiger partial charge in [0.2, 0.25) is 0 Å². The minimum atomic E-state index is 1.21. The molecule has 0 saturated carbocycles. The standard InChI is InChI=1S/C19H14S2/c1-3-12-6-14-8-15-7-13-4-5-21-19(13)11-17(15)9-16(14)10-18(12)20-2/h3-11H,1H2,2H3. The van der Waals surface area contributed by atoms with E-state index < -0.39 is 0 Å². The third-order valence-electron chi connectivity index (χ3n) is 3.94. The summed E-state index contributed by atoms with van der Waals surface area (Å²) < 4.78 is 1.36. The van der Waals surface area contributed by atoms with Gasteiger partial charge in [0.05, 0.1) is 0 Å². The van der Waals surface area contributed by atoms with Crippen molar-refractivity contribution in [2.75, 3.05) is 6.26 Å². The summed E-state index contributed by atoms with van der Waals surface area (Å²) in [6.07, 6.45) is 4.06. The van der Waals surface area contributed by atoms with E-state index in [0.29, 0.717) is 0 Å². The van der Waals surface area contributed by atoms with E-state index in [1.165, 1.54) is 42.1 Å². The highest BCUT2D eigenvalue weighted by Crippen LogP contribution is 2.33. The van der Waals surface area contributed by atoms with Crippen molar-refractivity contribution in [3.8, 4) is 0 Å². The lowest BCUT2D eigenvalue weighted by Crippen LogP contribution is -1.82. The summed E-state index contributed by atoms with van der Waals surface area (Å²) in [5.74, 6) is 0. The summed E-state index contributed by atoms with van der Waals surface area (Å²) in [7, 11) is 0. The van der Waals surface area contributed by atoms with E-state index in [2.05, 4.69) is 60.7 Å². The van der Waals surface area contributed by atoms with Crippen LogP contribution in [0.15, 0.2) is 59.3 Å². The Bertz CT molecular complexity index is 993. The van der Waals surface area contributed by atoms with Crippen molar-refractivity contribution >= 4 is 60.8 Å². The third-order valence-corrected chi connectivity index (χ3v) is 5.61. The summed E-state index contributed by atoms with van der Waals surface area (Å²) in [6.45, 7) is 3.93. The number of thioether (sulfide) groups is 1. The van der Waals surface area contributed by atoms with Gasteiger partial charge in [0.15, 0.2) is 0 Å². The Labute approximate surface area is 132 Å². The van der Waals surface area contributed by atoms with Gasteiger partial charge in [-0.2, -0.15) is 0 Å². The van der Waals surface area contributed by atoms with Crippen molar-refractivity contribution in [3.63, 3.8) is 0 Å². The molecule has 102 valence electrons. The second-order valence-corrected chi connectivity index (χ2v) is 6.95. The first-order chi connectivity index (χ1) is 10.3. The molecule has 0 aliphatic heterocycles. The fourth-order valence-corrected chi connectivity index (χ4v) is 4.29. The molecular formula is C19H14S2. The minimum Gasteiger partial charge on any atom is -0.144 e. The first-order valence-electron chi connectivity index (χ1n) is 6.84. The molecule has 4 rings (SSSR count). The van der Waals surface area contributed by atoms with Gasteiger partial charge >= 0.3 is 0 Å². The summed E-state index contributed by atoms with van der Waals surface area (Å²) in [6, 6.07) is 15.9. The normalized spacial score (nSPS) is 11.5. The van der Waals surface area contributed by atoms with Crippen molar-refractivity contribution in [2.45, 2.75) is 4.90 Å². The molecule has 0 amide bonds. The van der Waals surface area contributed by atoms with E-state index in [9.17, 15) is 0 Å². The molecule has 0 atom stereocenters. The summed E-state index contributed by atoms with van der Waals surface area (Å²) in [5, 5.41) is 8.69. The molecule has 1 aromatic heterocycles. The van der Waals surface area contributed by atoms with Crippen LogP contribution in [0.5, 0.6) is 0 Å². The molecule has 0 radical (unpaired) electrons. The zero-order chi connectivity index (χ0) is 14.4. The molecular weight excluding hydrogens is 292 g/mol. The Morgan fingerprint density at radius 3 is 2.33 bits per heavy atom. The minimum absolute atomic E-state index is 1.21. The fraction of sp³-hybridized carbons (Fsp3) is 0.0526. The smallest absolute Gasteiger partial charge is 0.0349 e. The van der Waals surface area contributed by atoms with Gasteiger partial charge in [-0.05, 0) is 86.6 Å². The van der Waals surface area contributed by atoms with Crippen LogP contribution in [0.3, 0.4) is 0 Å². The van der Waals surface area contributed by atoms with E-state index in [1.807, 2.05) is 6.08 Å². The van der Waals surface area contributed by atoms with Crippen molar-refractivity contribution in [2.24, 2.45) is 0 Å². The van der Waals surface area contributed by atoms with Crippen molar-refractivity contribution in [3.05, 3.63) is 60.0 Å². The Morgan fingerprint density at radius 2 is 1.57 bits per heavy atom. The lowest BCUT2D eigenvalue weighted by atomic mass is 10.0. The molecule has 0 unspecified atom stereocenters. The van der Waals surface area contributed by atoms with Crippen LogP contribution in [0.1, 0.15) is 5.56 Å². The van der Waals surface area contributed by atoms with Crippen LogP contribution in [0, 0.1) is 0 Å². The number of hydrogen-bond acceptors (Lipinski definition) is 2. The van der Waals surface area contributed by atoms with Gasteiger partial charge in [-0.25, -0.2) is 0 Å².